The minimum atomic E-state index is -0.198. The van der Waals surface area contributed by atoms with Crippen molar-refractivity contribution in [2.45, 2.75) is 44.7 Å². The first kappa shape index (κ1) is 20.3. The molecule has 6 heteroatoms. The highest BCUT2D eigenvalue weighted by Crippen LogP contribution is 2.31. The van der Waals surface area contributed by atoms with E-state index >= 15 is 0 Å². The molecule has 0 aromatic heterocycles. The fourth-order valence-corrected chi connectivity index (χ4v) is 4.19. The molecule has 1 unspecified atom stereocenters. The summed E-state index contributed by atoms with van der Waals surface area (Å²) in [5, 5.41) is 5.95. The third-order valence-corrected chi connectivity index (χ3v) is 5.83. The molecule has 6 nitrogen and oxygen atoms in total. The molecule has 2 aromatic rings. The maximum Gasteiger partial charge on any atom is 0.315 e. The highest BCUT2D eigenvalue weighted by Gasteiger charge is 2.22. The van der Waals surface area contributed by atoms with Crippen LogP contribution in [0.15, 0.2) is 48.5 Å². The predicted molar refractivity (Wildman–Crippen MR) is 115 cm³/mol. The van der Waals surface area contributed by atoms with Crippen LogP contribution >= 0.6 is 0 Å². The second kappa shape index (κ2) is 9.65. The molecule has 2 aliphatic heterocycles. The summed E-state index contributed by atoms with van der Waals surface area (Å²) in [5.74, 6) is 0.996. The van der Waals surface area contributed by atoms with E-state index in [1.54, 1.807) is 0 Å². The molecule has 2 aliphatic rings. The summed E-state index contributed by atoms with van der Waals surface area (Å²) in [6, 6.07) is 15.9. The first-order chi connectivity index (χ1) is 14.7. The zero-order valence-electron chi connectivity index (χ0n) is 17.2. The largest absolute Gasteiger partial charge is 0.493 e. The molecule has 0 bridgehead atoms. The predicted octanol–water partition coefficient (Wildman–Crippen LogP) is 3.56. The van der Waals surface area contributed by atoms with Crippen LogP contribution in [0.25, 0.3) is 0 Å². The van der Waals surface area contributed by atoms with Crippen molar-refractivity contribution in [2.24, 2.45) is 0 Å². The number of benzene rings is 2. The van der Waals surface area contributed by atoms with Crippen LogP contribution in [-0.4, -0.2) is 36.5 Å². The van der Waals surface area contributed by atoms with Gasteiger partial charge in [0.2, 0.25) is 5.91 Å². The van der Waals surface area contributed by atoms with Gasteiger partial charge in [0.15, 0.2) is 0 Å². The normalized spacial score (nSPS) is 17.7. The van der Waals surface area contributed by atoms with Crippen molar-refractivity contribution in [3.05, 3.63) is 65.2 Å². The maximum atomic E-state index is 12.5. The number of nitrogens with zero attached hydrogens (tertiary/aromatic N) is 1. The van der Waals surface area contributed by atoms with Crippen LogP contribution in [0.5, 0.6) is 5.75 Å². The fourth-order valence-electron chi connectivity index (χ4n) is 4.19. The van der Waals surface area contributed by atoms with Gasteiger partial charge in [-0.05, 0) is 42.9 Å². The number of carbonyl (C=O) groups is 2. The average molecular weight is 408 g/mol. The van der Waals surface area contributed by atoms with Crippen molar-refractivity contribution < 1.29 is 14.3 Å². The quantitative estimate of drug-likeness (QED) is 0.745. The van der Waals surface area contributed by atoms with Gasteiger partial charge < -0.3 is 20.3 Å². The van der Waals surface area contributed by atoms with Crippen molar-refractivity contribution in [3.63, 3.8) is 0 Å². The van der Waals surface area contributed by atoms with Crippen molar-refractivity contribution >= 4 is 11.9 Å². The third-order valence-electron chi connectivity index (χ3n) is 5.83. The van der Waals surface area contributed by atoms with E-state index in [-0.39, 0.29) is 18.0 Å². The Bertz CT molecular complexity index is 899. The molecule has 0 radical (unpaired) electrons. The van der Waals surface area contributed by atoms with Gasteiger partial charge in [-0.15, -0.1) is 0 Å². The Hall–Kier alpha value is -3.02. The summed E-state index contributed by atoms with van der Waals surface area (Å²) in [6.07, 6.45) is 3.74. The standard InChI is InChI=1S/C24H29N3O3/c28-23(27-15-13-18-7-1-2-8-19(18)17-27)12-5-14-25-24(29)26-21-10-6-16-30-22-11-4-3-9-20(21)22/h1-4,7-9,11,21H,5-6,10,12-17H2,(H2,25,26,29). The number of nitrogens with one attached hydrogen (secondary N) is 2. The highest BCUT2D eigenvalue weighted by atomic mass is 16.5. The number of carbonyl (C=O) groups excluding carboxylic acids is 2. The topological polar surface area (TPSA) is 70.7 Å². The van der Waals surface area contributed by atoms with Gasteiger partial charge in [-0.25, -0.2) is 4.79 Å². The Morgan fingerprint density at radius 2 is 1.87 bits per heavy atom. The SMILES string of the molecule is O=C(NCCCC(=O)N1CCc2ccccc2C1)NC1CCCOc2ccccc21. The molecule has 0 saturated carbocycles. The van der Waals surface area contributed by atoms with Crippen molar-refractivity contribution in [2.75, 3.05) is 19.7 Å². The Morgan fingerprint density at radius 3 is 2.77 bits per heavy atom. The summed E-state index contributed by atoms with van der Waals surface area (Å²) < 4.78 is 5.75. The minimum Gasteiger partial charge on any atom is -0.493 e. The molecule has 4 rings (SSSR count). The van der Waals surface area contributed by atoms with E-state index in [0.717, 1.165) is 37.1 Å². The van der Waals surface area contributed by atoms with E-state index in [1.165, 1.54) is 11.1 Å². The van der Waals surface area contributed by atoms with Crippen LogP contribution in [0, 0.1) is 0 Å². The first-order valence-electron chi connectivity index (χ1n) is 10.8. The molecular formula is C24H29N3O3. The molecule has 0 spiro atoms. The molecule has 158 valence electrons. The van der Waals surface area contributed by atoms with Gasteiger partial charge in [-0.2, -0.15) is 0 Å². The molecule has 0 saturated heterocycles. The molecular weight excluding hydrogens is 378 g/mol. The first-order valence-corrected chi connectivity index (χ1v) is 10.8. The second-order valence-electron chi connectivity index (χ2n) is 7.92. The van der Waals surface area contributed by atoms with Crippen molar-refractivity contribution in [3.8, 4) is 5.75 Å². The number of ether oxygens (including phenoxy) is 1. The van der Waals surface area contributed by atoms with Gasteiger partial charge in [0.05, 0.1) is 12.6 Å². The van der Waals surface area contributed by atoms with E-state index in [9.17, 15) is 9.59 Å². The van der Waals surface area contributed by atoms with Crippen LogP contribution in [0.4, 0.5) is 4.79 Å². The number of urea groups is 1. The summed E-state index contributed by atoms with van der Waals surface area (Å²) >= 11 is 0. The van der Waals surface area contributed by atoms with E-state index in [1.807, 2.05) is 41.3 Å². The van der Waals surface area contributed by atoms with Gasteiger partial charge in [0.1, 0.15) is 5.75 Å². The second-order valence-corrected chi connectivity index (χ2v) is 7.92. The Kier molecular flexibility index (Phi) is 6.52. The number of hydrogen-bond acceptors (Lipinski definition) is 3. The van der Waals surface area contributed by atoms with Crippen LogP contribution in [0.1, 0.15) is 48.4 Å². The number of amides is 3. The fraction of sp³-hybridized carbons (Fsp3) is 0.417. The number of hydrogen-bond donors (Lipinski definition) is 2. The van der Waals surface area contributed by atoms with Gasteiger partial charge in [0.25, 0.3) is 0 Å². The molecule has 2 N–H and O–H groups in total. The summed E-state index contributed by atoms with van der Waals surface area (Å²) in [6.45, 7) is 2.60. The van der Waals surface area contributed by atoms with Crippen LogP contribution in [0.3, 0.4) is 0 Å². The number of para-hydroxylation sites is 1. The molecule has 0 fully saturated rings. The van der Waals surface area contributed by atoms with Crippen LogP contribution in [0.2, 0.25) is 0 Å². The maximum absolute atomic E-state index is 12.5. The molecule has 30 heavy (non-hydrogen) atoms. The third kappa shape index (κ3) is 4.93. The van der Waals surface area contributed by atoms with Crippen molar-refractivity contribution in [1.82, 2.24) is 15.5 Å². The van der Waals surface area contributed by atoms with Crippen LogP contribution < -0.4 is 15.4 Å². The van der Waals surface area contributed by atoms with E-state index < -0.39 is 0 Å². The number of rotatable bonds is 5. The highest BCUT2D eigenvalue weighted by molar-refractivity contribution is 5.77. The summed E-state index contributed by atoms with van der Waals surface area (Å²) in [5.41, 5.74) is 3.60. The van der Waals surface area contributed by atoms with E-state index in [2.05, 4.69) is 22.8 Å². The monoisotopic (exact) mass is 407 g/mol. The Morgan fingerprint density at radius 1 is 1.07 bits per heavy atom. The Labute approximate surface area is 177 Å². The minimum absolute atomic E-state index is 0.0567. The summed E-state index contributed by atoms with van der Waals surface area (Å²) in [4.78, 5) is 26.8. The zero-order chi connectivity index (χ0) is 20.8. The lowest BCUT2D eigenvalue weighted by molar-refractivity contribution is -0.132. The van der Waals surface area contributed by atoms with Gasteiger partial charge >= 0.3 is 6.03 Å². The molecule has 0 aliphatic carbocycles. The lowest BCUT2D eigenvalue weighted by Crippen LogP contribution is -2.39. The van der Waals surface area contributed by atoms with E-state index in [0.29, 0.717) is 32.5 Å². The Balaban J connectivity index is 1.20. The average Bonchev–Trinajstić information content (AvgIpc) is 2.98. The van der Waals surface area contributed by atoms with Gasteiger partial charge in [-0.1, -0.05) is 42.5 Å². The van der Waals surface area contributed by atoms with Crippen LogP contribution in [-0.2, 0) is 17.8 Å². The van der Waals surface area contributed by atoms with Gasteiger partial charge in [-0.3, -0.25) is 4.79 Å². The number of fused-ring (bicyclic) bond motifs is 2. The molecule has 2 aromatic carbocycles. The smallest absolute Gasteiger partial charge is 0.315 e. The molecule has 3 amide bonds. The lowest BCUT2D eigenvalue weighted by atomic mass is 9.99. The van der Waals surface area contributed by atoms with E-state index in [4.69, 9.17) is 4.74 Å². The molecule has 1 atom stereocenters. The zero-order valence-corrected chi connectivity index (χ0v) is 17.2. The summed E-state index contributed by atoms with van der Waals surface area (Å²) in [7, 11) is 0. The van der Waals surface area contributed by atoms with Crippen molar-refractivity contribution in [1.29, 1.82) is 0 Å². The lowest BCUT2D eigenvalue weighted by Gasteiger charge is -2.29. The molecule has 2 heterocycles. The van der Waals surface area contributed by atoms with Gasteiger partial charge in [0, 0.05) is 31.6 Å².